The Morgan fingerprint density at radius 3 is 1.67 bits per heavy atom. The van der Waals surface area contributed by atoms with Crippen LogP contribution in [0.2, 0.25) is 0 Å². The summed E-state index contributed by atoms with van der Waals surface area (Å²) in [6, 6.07) is 6.00. The van der Waals surface area contributed by atoms with Crippen LogP contribution in [0.15, 0.2) is 30.6 Å². The summed E-state index contributed by atoms with van der Waals surface area (Å²) in [7, 11) is 2.00. The van der Waals surface area contributed by atoms with Crippen molar-refractivity contribution in [1.82, 2.24) is 0 Å². The Morgan fingerprint density at radius 1 is 1.00 bits per heavy atom. The van der Waals surface area contributed by atoms with E-state index in [2.05, 4.69) is 0 Å². The number of aromatic nitrogens is 1. The van der Waals surface area contributed by atoms with Crippen molar-refractivity contribution < 1.29 is 48.0 Å². The Balaban J connectivity index is 0. The summed E-state index contributed by atoms with van der Waals surface area (Å²) in [5, 5.41) is 0. The molecule has 1 heterocycles. The molecule has 0 saturated heterocycles. The molecule has 0 bridgehead atoms. The molecule has 0 N–H and O–H groups in total. The van der Waals surface area contributed by atoms with Crippen LogP contribution in [0.1, 0.15) is 0 Å². The molecule has 0 aromatic carbocycles. The fourth-order valence-electron chi connectivity index (χ4n) is 0.485. The van der Waals surface area contributed by atoms with Gasteiger partial charge in [0.1, 0.15) is 7.05 Å². The number of rotatable bonds is 0. The van der Waals surface area contributed by atoms with Crippen molar-refractivity contribution >= 4 is 0 Å². The molecule has 46 valence electrons. The van der Waals surface area contributed by atoms with E-state index in [1.54, 1.807) is 0 Å². The van der Waals surface area contributed by atoms with E-state index in [9.17, 15) is 0 Å². The third-order valence-corrected chi connectivity index (χ3v) is 0.865. The fourth-order valence-corrected chi connectivity index (χ4v) is 0.485. The predicted octanol–water partition coefficient (Wildman–Crippen LogP) is -2.49. The molecule has 1 aromatic rings. The molecule has 0 aliphatic heterocycles. The van der Waals surface area contributed by atoms with E-state index in [1.807, 2.05) is 42.2 Å². The minimum Gasteiger partial charge on any atom is -1.00 e. The van der Waals surface area contributed by atoms with Crippen molar-refractivity contribution in [3.05, 3.63) is 30.6 Å². The second kappa shape index (κ2) is 6.62. The minimum absolute atomic E-state index is 0. The van der Waals surface area contributed by atoms with Crippen LogP contribution in [0.4, 0.5) is 0 Å². The average molecular weight is 286 g/mol. The fraction of sp³-hybridized carbons (Fsp3) is 0.167. The zero-order chi connectivity index (χ0) is 5.11. The first-order chi connectivity index (χ1) is 3.39. The first kappa shape index (κ1) is 12.2. The van der Waals surface area contributed by atoms with Crippen LogP contribution in [0.5, 0.6) is 0 Å². The van der Waals surface area contributed by atoms with Crippen molar-refractivity contribution in [2.45, 2.75) is 0 Å². The molecule has 0 spiro atoms. The molecule has 0 unspecified atom stereocenters. The maximum Gasteiger partial charge on any atom is 0.168 e. The summed E-state index contributed by atoms with van der Waals surface area (Å²) in [6.07, 6.45) is 4.00. The van der Waals surface area contributed by atoms with Gasteiger partial charge in [0.2, 0.25) is 0 Å². The monoisotopic (exact) mass is 285 g/mol. The Kier molecular flexibility index (Phi) is 8.98. The van der Waals surface area contributed by atoms with E-state index in [0.717, 1.165) is 0 Å². The number of nitrogens with zero attached hydrogens (tertiary/aromatic N) is 1. The average Bonchev–Trinajstić information content (AvgIpc) is 1.69. The Hall–Kier alpha value is 0.503. The van der Waals surface area contributed by atoms with Crippen LogP contribution in [0, 0.1) is 0 Å². The van der Waals surface area contributed by atoms with Crippen molar-refractivity contribution in [3.8, 4) is 0 Å². The van der Waals surface area contributed by atoms with E-state index in [0.29, 0.717) is 0 Å². The third-order valence-electron chi connectivity index (χ3n) is 0.865. The number of halogens is 1. The zero-order valence-corrected chi connectivity index (χ0v) is 10.5. The van der Waals surface area contributed by atoms with E-state index in [1.165, 1.54) is 0 Å². The predicted molar refractivity (Wildman–Crippen MR) is 27.6 cm³/mol. The number of hydrogen-bond donors (Lipinski definition) is 0. The molecule has 0 aliphatic carbocycles. The number of aryl methyl sites for hydroxylation is 1. The van der Waals surface area contributed by atoms with Gasteiger partial charge in [0, 0.05) is 31.6 Å². The molecule has 0 radical (unpaired) electrons. The van der Waals surface area contributed by atoms with E-state index in [-0.39, 0.29) is 43.5 Å². The van der Waals surface area contributed by atoms with Gasteiger partial charge in [-0.05, 0) is 0 Å². The van der Waals surface area contributed by atoms with E-state index in [4.69, 9.17) is 0 Å². The summed E-state index contributed by atoms with van der Waals surface area (Å²) in [6.45, 7) is 0. The SMILES string of the molecule is C[n+]1ccccc1.[I-].[Zn]. The van der Waals surface area contributed by atoms with E-state index >= 15 is 0 Å². The summed E-state index contributed by atoms with van der Waals surface area (Å²) >= 11 is 0. The van der Waals surface area contributed by atoms with Gasteiger partial charge < -0.3 is 24.0 Å². The summed E-state index contributed by atoms with van der Waals surface area (Å²) in [5.74, 6) is 0. The molecular formula is C6H8INZn. The van der Waals surface area contributed by atoms with Gasteiger partial charge in [-0.2, -0.15) is 0 Å². The Labute approximate surface area is 85.3 Å². The molecule has 0 amide bonds. The zero-order valence-electron chi connectivity index (χ0n) is 5.42. The van der Waals surface area contributed by atoms with Gasteiger partial charge in [-0.15, -0.1) is 0 Å². The van der Waals surface area contributed by atoms with Gasteiger partial charge >= 0.3 is 0 Å². The maximum absolute atomic E-state index is 2.00. The second-order valence-corrected chi connectivity index (χ2v) is 1.54. The smallest absolute Gasteiger partial charge is 0.168 e. The standard InChI is InChI=1S/C6H8N.HI.Zn/c1-7-5-3-2-4-6-7;;/h2-6H,1H3;1H;/q+1;;/p-1. The largest absolute Gasteiger partial charge is 1.00 e. The first-order valence-corrected chi connectivity index (χ1v) is 2.30. The summed E-state index contributed by atoms with van der Waals surface area (Å²) < 4.78 is 2.00. The van der Waals surface area contributed by atoms with Crippen molar-refractivity contribution in [1.29, 1.82) is 0 Å². The second-order valence-electron chi connectivity index (χ2n) is 1.54. The molecule has 0 aliphatic rings. The van der Waals surface area contributed by atoms with Crippen LogP contribution in [-0.4, -0.2) is 0 Å². The van der Waals surface area contributed by atoms with Crippen molar-refractivity contribution in [2.75, 3.05) is 0 Å². The Bertz CT molecular complexity index is 143. The molecule has 1 aromatic heterocycles. The summed E-state index contributed by atoms with van der Waals surface area (Å²) in [5.41, 5.74) is 0. The molecule has 0 atom stereocenters. The molecule has 1 rings (SSSR count). The molecule has 3 heteroatoms. The quantitative estimate of drug-likeness (QED) is 0.282. The van der Waals surface area contributed by atoms with Gasteiger partial charge in [-0.25, -0.2) is 4.57 Å². The molecule has 0 saturated carbocycles. The van der Waals surface area contributed by atoms with Crippen LogP contribution in [0.25, 0.3) is 0 Å². The molecule has 0 fully saturated rings. The van der Waals surface area contributed by atoms with Gasteiger partial charge in [0.25, 0.3) is 0 Å². The molecule has 1 nitrogen and oxygen atoms in total. The number of hydrogen-bond acceptors (Lipinski definition) is 0. The topological polar surface area (TPSA) is 3.88 Å². The normalized spacial score (nSPS) is 6.78. The maximum atomic E-state index is 2.00. The van der Waals surface area contributed by atoms with E-state index < -0.39 is 0 Å². The summed E-state index contributed by atoms with van der Waals surface area (Å²) in [4.78, 5) is 0. The van der Waals surface area contributed by atoms with Gasteiger partial charge in [0.05, 0.1) is 0 Å². The Morgan fingerprint density at radius 2 is 1.44 bits per heavy atom. The van der Waals surface area contributed by atoms with Crippen molar-refractivity contribution in [2.24, 2.45) is 7.05 Å². The minimum atomic E-state index is 0. The van der Waals surface area contributed by atoms with Crippen LogP contribution < -0.4 is 28.5 Å². The first-order valence-electron chi connectivity index (χ1n) is 2.30. The van der Waals surface area contributed by atoms with Gasteiger partial charge in [-0.3, -0.25) is 0 Å². The van der Waals surface area contributed by atoms with Crippen LogP contribution in [-0.2, 0) is 26.5 Å². The van der Waals surface area contributed by atoms with Crippen LogP contribution in [0.3, 0.4) is 0 Å². The molecule has 9 heavy (non-hydrogen) atoms. The molecular weight excluding hydrogens is 278 g/mol. The number of pyridine rings is 1. The third kappa shape index (κ3) is 4.97. The van der Waals surface area contributed by atoms with Crippen molar-refractivity contribution in [3.63, 3.8) is 0 Å². The van der Waals surface area contributed by atoms with Gasteiger partial charge in [-0.1, -0.05) is 6.07 Å². The van der Waals surface area contributed by atoms with Crippen LogP contribution >= 0.6 is 0 Å². The van der Waals surface area contributed by atoms with Gasteiger partial charge in [0.15, 0.2) is 12.4 Å².